The Morgan fingerprint density at radius 3 is 1.61 bits per heavy atom. The molecule has 4 nitrogen and oxygen atoms in total. The number of phenols is 2. The van der Waals surface area contributed by atoms with Crippen molar-refractivity contribution in [1.82, 2.24) is 0 Å². The van der Waals surface area contributed by atoms with Gasteiger partial charge in [-0.2, -0.15) is 0 Å². The maximum Gasteiger partial charge on any atom is 0.335 e. The van der Waals surface area contributed by atoms with Crippen molar-refractivity contribution in [3.8, 4) is 33.8 Å². The number of rotatable bonds is 3. The molecule has 0 aliphatic carbocycles. The third-order valence-corrected chi connectivity index (χ3v) is 3.68. The molecule has 3 aromatic carbocycles. The Bertz CT molecular complexity index is 853. The van der Waals surface area contributed by atoms with Crippen molar-refractivity contribution in [2.45, 2.75) is 0 Å². The molecule has 3 aromatic rings. The number of carboxylic acids is 1. The summed E-state index contributed by atoms with van der Waals surface area (Å²) in [7, 11) is 0. The van der Waals surface area contributed by atoms with E-state index in [1.807, 2.05) is 30.3 Å². The summed E-state index contributed by atoms with van der Waals surface area (Å²) in [5.41, 5.74) is 2.57. The zero-order valence-corrected chi connectivity index (χ0v) is 12.1. The van der Waals surface area contributed by atoms with Crippen LogP contribution in [0.5, 0.6) is 11.5 Å². The highest BCUT2D eigenvalue weighted by atomic mass is 16.4. The number of benzene rings is 3. The van der Waals surface area contributed by atoms with Crippen molar-refractivity contribution in [2.75, 3.05) is 0 Å². The SMILES string of the molecule is O=C(O)c1ccc(-c2ccc(-c3ccccc3)c(O)c2O)cc1. The lowest BCUT2D eigenvalue weighted by molar-refractivity contribution is 0.0697. The molecule has 114 valence electrons. The maximum absolute atomic E-state index is 10.9. The van der Waals surface area contributed by atoms with Gasteiger partial charge < -0.3 is 15.3 Å². The number of carbonyl (C=O) groups is 1. The van der Waals surface area contributed by atoms with E-state index in [4.69, 9.17) is 5.11 Å². The van der Waals surface area contributed by atoms with E-state index in [9.17, 15) is 15.0 Å². The summed E-state index contributed by atoms with van der Waals surface area (Å²) in [4.78, 5) is 10.9. The standard InChI is InChI=1S/C19H14O4/c20-17-15(12-4-2-1-3-5-12)10-11-16(18(17)21)13-6-8-14(9-7-13)19(22)23/h1-11,20-21H,(H,22,23). The minimum Gasteiger partial charge on any atom is -0.504 e. The molecule has 0 aliphatic rings. The Morgan fingerprint density at radius 2 is 1.13 bits per heavy atom. The van der Waals surface area contributed by atoms with Gasteiger partial charge in [-0.25, -0.2) is 4.79 Å². The minimum atomic E-state index is -1.01. The van der Waals surface area contributed by atoms with Gasteiger partial charge in [0.2, 0.25) is 0 Å². The number of carboxylic acid groups (broad SMARTS) is 1. The van der Waals surface area contributed by atoms with Gasteiger partial charge in [0.05, 0.1) is 5.56 Å². The highest BCUT2D eigenvalue weighted by molar-refractivity contribution is 5.89. The van der Waals surface area contributed by atoms with Crippen LogP contribution in [0.1, 0.15) is 10.4 Å². The summed E-state index contributed by atoms with van der Waals surface area (Å²) in [5.74, 6) is -1.44. The van der Waals surface area contributed by atoms with E-state index < -0.39 is 5.97 Å². The van der Waals surface area contributed by atoms with Gasteiger partial charge in [-0.1, -0.05) is 42.5 Å². The average Bonchev–Trinajstić information content (AvgIpc) is 2.58. The fraction of sp³-hybridized carbons (Fsp3) is 0. The fourth-order valence-corrected chi connectivity index (χ4v) is 2.46. The number of aromatic hydroxyl groups is 2. The Morgan fingerprint density at radius 1 is 0.652 bits per heavy atom. The molecule has 0 atom stereocenters. The van der Waals surface area contributed by atoms with Gasteiger partial charge in [-0.15, -0.1) is 0 Å². The van der Waals surface area contributed by atoms with Crippen LogP contribution in [0.2, 0.25) is 0 Å². The van der Waals surface area contributed by atoms with Crippen LogP contribution in [0, 0.1) is 0 Å². The summed E-state index contributed by atoms with van der Waals surface area (Å²) in [6.07, 6.45) is 0. The van der Waals surface area contributed by atoms with Crippen LogP contribution in [0.3, 0.4) is 0 Å². The van der Waals surface area contributed by atoms with Crippen molar-refractivity contribution in [3.05, 3.63) is 72.3 Å². The van der Waals surface area contributed by atoms with E-state index in [1.54, 1.807) is 24.3 Å². The maximum atomic E-state index is 10.9. The molecule has 0 fully saturated rings. The predicted octanol–water partition coefficient (Wildman–Crippen LogP) is 4.13. The molecule has 0 amide bonds. The number of hydrogen-bond acceptors (Lipinski definition) is 3. The van der Waals surface area contributed by atoms with E-state index in [1.165, 1.54) is 12.1 Å². The van der Waals surface area contributed by atoms with Crippen LogP contribution >= 0.6 is 0 Å². The zero-order valence-electron chi connectivity index (χ0n) is 12.1. The first-order chi connectivity index (χ1) is 11.1. The molecule has 0 aromatic heterocycles. The lowest BCUT2D eigenvalue weighted by Gasteiger charge is -2.11. The number of phenolic OH excluding ortho intramolecular Hbond substituents is 2. The molecule has 0 saturated carbocycles. The Labute approximate surface area is 132 Å². The van der Waals surface area contributed by atoms with Gasteiger partial charge >= 0.3 is 5.97 Å². The van der Waals surface area contributed by atoms with Gasteiger partial charge in [-0.3, -0.25) is 0 Å². The van der Waals surface area contributed by atoms with Gasteiger partial charge in [0.25, 0.3) is 0 Å². The monoisotopic (exact) mass is 306 g/mol. The molecule has 0 heterocycles. The lowest BCUT2D eigenvalue weighted by atomic mass is 9.97. The Kier molecular flexibility index (Phi) is 3.73. The van der Waals surface area contributed by atoms with E-state index in [0.29, 0.717) is 16.7 Å². The molecule has 0 unspecified atom stereocenters. The van der Waals surface area contributed by atoms with Crippen molar-refractivity contribution in [1.29, 1.82) is 0 Å². The fourth-order valence-electron chi connectivity index (χ4n) is 2.46. The van der Waals surface area contributed by atoms with E-state index >= 15 is 0 Å². The lowest BCUT2D eigenvalue weighted by Crippen LogP contribution is -1.95. The Balaban J connectivity index is 2.05. The van der Waals surface area contributed by atoms with Crippen molar-refractivity contribution in [3.63, 3.8) is 0 Å². The van der Waals surface area contributed by atoms with Crippen LogP contribution in [-0.2, 0) is 0 Å². The first kappa shape index (κ1) is 14.7. The van der Waals surface area contributed by atoms with Gasteiger partial charge in [0.15, 0.2) is 11.5 Å². The van der Waals surface area contributed by atoms with Crippen molar-refractivity contribution in [2.24, 2.45) is 0 Å². The van der Waals surface area contributed by atoms with Crippen LogP contribution in [0.25, 0.3) is 22.3 Å². The van der Waals surface area contributed by atoms with E-state index in [0.717, 1.165) is 5.56 Å². The second-order valence-corrected chi connectivity index (χ2v) is 5.11. The largest absolute Gasteiger partial charge is 0.504 e. The number of aromatic carboxylic acids is 1. The van der Waals surface area contributed by atoms with Crippen LogP contribution < -0.4 is 0 Å². The summed E-state index contributed by atoms with van der Waals surface area (Å²) < 4.78 is 0. The van der Waals surface area contributed by atoms with E-state index in [2.05, 4.69) is 0 Å². The minimum absolute atomic E-state index is 0.165. The Hall–Kier alpha value is -3.27. The highest BCUT2D eigenvalue weighted by Gasteiger charge is 2.14. The zero-order chi connectivity index (χ0) is 16.4. The average molecular weight is 306 g/mol. The van der Waals surface area contributed by atoms with Crippen LogP contribution in [-0.4, -0.2) is 21.3 Å². The molecule has 0 saturated heterocycles. The molecule has 4 heteroatoms. The second kappa shape index (κ2) is 5.85. The summed E-state index contributed by atoms with van der Waals surface area (Å²) >= 11 is 0. The first-order valence-electron chi connectivity index (χ1n) is 7.02. The molecule has 23 heavy (non-hydrogen) atoms. The summed E-state index contributed by atoms with van der Waals surface area (Å²) in [6.45, 7) is 0. The second-order valence-electron chi connectivity index (χ2n) is 5.11. The quantitative estimate of drug-likeness (QED) is 0.636. The smallest absolute Gasteiger partial charge is 0.335 e. The van der Waals surface area contributed by atoms with Crippen molar-refractivity contribution < 1.29 is 20.1 Å². The molecule has 0 bridgehead atoms. The highest BCUT2D eigenvalue weighted by Crippen LogP contribution is 2.42. The van der Waals surface area contributed by atoms with Gasteiger partial charge in [0.1, 0.15) is 0 Å². The summed E-state index contributed by atoms with van der Waals surface area (Å²) in [6, 6.07) is 18.8. The molecular formula is C19H14O4. The first-order valence-corrected chi connectivity index (χ1v) is 7.02. The summed E-state index contributed by atoms with van der Waals surface area (Å²) in [5, 5.41) is 29.5. The third-order valence-electron chi connectivity index (χ3n) is 3.68. The van der Waals surface area contributed by atoms with Gasteiger partial charge in [-0.05, 0) is 35.4 Å². The predicted molar refractivity (Wildman–Crippen MR) is 87.6 cm³/mol. The molecule has 3 N–H and O–H groups in total. The van der Waals surface area contributed by atoms with Crippen LogP contribution in [0.4, 0.5) is 0 Å². The van der Waals surface area contributed by atoms with Crippen LogP contribution in [0.15, 0.2) is 66.7 Å². The van der Waals surface area contributed by atoms with E-state index in [-0.39, 0.29) is 17.1 Å². The molecule has 0 aliphatic heterocycles. The third kappa shape index (κ3) is 2.74. The van der Waals surface area contributed by atoms with Gasteiger partial charge in [0, 0.05) is 11.1 Å². The molecular weight excluding hydrogens is 292 g/mol. The molecule has 0 spiro atoms. The molecule has 3 rings (SSSR count). The number of hydrogen-bond donors (Lipinski definition) is 3. The van der Waals surface area contributed by atoms with Crippen molar-refractivity contribution >= 4 is 5.97 Å². The normalized spacial score (nSPS) is 10.4. The molecule has 0 radical (unpaired) electrons. The topological polar surface area (TPSA) is 77.8 Å².